The van der Waals surface area contributed by atoms with Gasteiger partial charge in [0.25, 0.3) is 0 Å². The number of allylic oxidation sites excluding steroid dienone is 7. The van der Waals surface area contributed by atoms with E-state index in [1.165, 1.54) is 48.5 Å². The van der Waals surface area contributed by atoms with E-state index in [0.29, 0.717) is 29.5 Å². The van der Waals surface area contributed by atoms with Crippen LogP contribution < -0.4 is 0 Å². The van der Waals surface area contributed by atoms with Crippen molar-refractivity contribution in [3.63, 3.8) is 0 Å². The molecule has 0 spiro atoms. The van der Waals surface area contributed by atoms with Crippen LogP contribution in [0, 0.1) is 0 Å². The molecule has 0 N–H and O–H groups in total. The molecule has 0 atom stereocenters. The molecule has 1 aliphatic heterocycles. The summed E-state index contributed by atoms with van der Waals surface area (Å²) in [5, 5.41) is 8.68. The van der Waals surface area contributed by atoms with E-state index in [-0.39, 0.29) is 0 Å². The molecule has 0 nitrogen and oxygen atoms in total. The van der Waals surface area contributed by atoms with Gasteiger partial charge in [-0.1, -0.05) is 0 Å². The monoisotopic (exact) mass is 681 g/mol. The van der Waals surface area contributed by atoms with Crippen LogP contribution in [0.4, 0.5) is 0 Å². The van der Waals surface area contributed by atoms with Crippen molar-refractivity contribution in [2.75, 3.05) is 0 Å². The van der Waals surface area contributed by atoms with Gasteiger partial charge in [-0.25, -0.2) is 0 Å². The molecule has 0 saturated heterocycles. The Morgan fingerprint density at radius 2 is 1.11 bits per heavy atom. The summed E-state index contributed by atoms with van der Waals surface area (Å²) in [5.41, 5.74) is 2.52. The van der Waals surface area contributed by atoms with Gasteiger partial charge >= 0.3 is 248 Å². The van der Waals surface area contributed by atoms with Crippen molar-refractivity contribution in [1.29, 1.82) is 0 Å². The Morgan fingerprint density at radius 3 is 1.59 bits per heavy atom. The topological polar surface area (TPSA) is 0 Å². The zero-order chi connectivity index (χ0) is 24.9. The second kappa shape index (κ2) is 12.2. The first-order valence-corrected chi connectivity index (χ1v) is 18.6. The van der Waals surface area contributed by atoms with E-state index in [2.05, 4.69) is 125 Å². The quantitative estimate of drug-likeness (QED) is 0.119. The molecule has 0 unspecified atom stereocenters. The van der Waals surface area contributed by atoms with E-state index in [1.54, 1.807) is 0 Å². The molecular formula is C31H21S4Se2+. The fourth-order valence-corrected chi connectivity index (χ4v) is 12.5. The summed E-state index contributed by atoms with van der Waals surface area (Å²) in [7, 11) is 0. The van der Waals surface area contributed by atoms with Crippen LogP contribution in [0.25, 0.3) is 33.6 Å². The summed E-state index contributed by atoms with van der Waals surface area (Å²) in [5.74, 6) is 0. The normalized spacial score (nSPS) is 13.9. The third-order valence-electron chi connectivity index (χ3n) is 5.49. The fourth-order valence-electron chi connectivity index (χ4n) is 3.79. The summed E-state index contributed by atoms with van der Waals surface area (Å²) in [4.78, 5) is 5.53. The molecule has 37 heavy (non-hydrogen) atoms. The SMILES string of the molecule is C(/C=C/C=C/c1cc(-c2cccs2)[se+]c(-c2cccs2)c1)=C1C=C(c2cccs2)[Se]C(c2cccs2)=C1. The van der Waals surface area contributed by atoms with E-state index in [4.69, 9.17) is 0 Å². The molecule has 6 heterocycles. The van der Waals surface area contributed by atoms with Crippen molar-refractivity contribution in [1.82, 2.24) is 0 Å². The van der Waals surface area contributed by atoms with Gasteiger partial charge in [0, 0.05) is 0 Å². The van der Waals surface area contributed by atoms with Crippen molar-refractivity contribution in [3.05, 3.63) is 140 Å². The van der Waals surface area contributed by atoms with E-state index < -0.39 is 0 Å². The predicted octanol–water partition coefficient (Wildman–Crippen LogP) is 9.90. The molecule has 0 amide bonds. The van der Waals surface area contributed by atoms with Crippen molar-refractivity contribution >= 4 is 89.8 Å². The van der Waals surface area contributed by atoms with Crippen LogP contribution in [0.3, 0.4) is 0 Å². The summed E-state index contributed by atoms with van der Waals surface area (Å²) in [6.07, 6.45) is 15.7. The predicted molar refractivity (Wildman–Crippen MR) is 171 cm³/mol. The number of thiophene rings is 4. The molecule has 5 aromatic heterocycles. The first kappa shape index (κ1) is 25.2. The molecule has 0 aromatic carbocycles. The van der Waals surface area contributed by atoms with Crippen LogP contribution in [-0.4, -0.2) is 29.5 Å². The van der Waals surface area contributed by atoms with Gasteiger partial charge in [-0.2, -0.15) is 0 Å². The molecular weight excluding hydrogens is 659 g/mol. The van der Waals surface area contributed by atoms with Crippen molar-refractivity contribution < 1.29 is 0 Å². The molecule has 0 radical (unpaired) electrons. The molecule has 180 valence electrons. The van der Waals surface area contributed by atoms with Crippen LogP contribution in [0.5, 0.6) is 0 Å². The molecule has 0 fully saturated rings. The minimum atomic E-state index is 0.328. The molecule has 0 aliphatic carbocycles. The van der Waals surface area contributed by atoms with Crippen LogP contribution in [-0.2, 0) is 0 Å². The third-order valence-corrected chi connectivity index (χ3v) is 14.9. The van der Waals surface area contributed by atoms with Crippen LogP contribution in [0.1, 0.15) is 15.3 Å². The van der Waals surface area contributed by atoms with Gasteiger partial charge in [0.1, 0.15) is 0 Å². The van der Waals surface area contributed by atoms with Gasteiger partial charge in [-0.15, -0.1) is 0 Å². The standard InChI is InChI=1S/C31H21S4Se2/c1(2-8-22-18-28(24-10-4-14-32-24)36-29(19-22)25-11-5-15-33-25)3-9-23-20-30(26-12-6-16-34-26)37-31(21-23)27-13-7-17-35-27/h1-21H/q+1. The summed E-state index contributed by atoms with van der Waals surface area (Å²) in [6, 6.07) is 22.3. The molecule has 1 aliphatic rings. The second-order valence-corrected chi connectivity index (χ2v) is 16.4. The fraction of sp³-hybridized carbons (Fsp3) is 0. The van der Waals surface area contributed by atoms with E-state index in [0.717, 1.165) is 0 Å². The van der Waals surface area contributed by atoms with Gasteiger partial charge in [0.2, 0.25) is 0 Å². The molecule has 6 heteroatoms. The zero-order valence-electron chi connectivity index (χ0n) is 19.6. The second-order valence-electron chi connectivity index (χ2n) is 8.06. The minimum absolute atomic E-state index is 0.328. The van der Waals surface area contributed by atoms with Crippen LogP contribution in [0.15, 0.2) is 124 Å². The number of rotatable bonds is 7. The molecule has 5 aromatic rings. The van der Waals surface area contributed by atoms with Gasteiger partial charge < -0.3 is 0 Å². The van der Waals surface area contributed by atoms with E-state index in [9.17, 15) is 0 Å². The summed E-state index contributed by atoms with van der Waals surface area (Å²) >= 11 is 7.99. The first-order valence-electron chi connectivity index (χ1n) is 11.6. The Morgan fingerprint density at radius 1 is 0.595 bits per heavy atom. The van der Waals surface area contributed by atoms with Crippen molar-refractivity contribution in [3.8, 4) is 18.6 Å². The average Bonchev–Trinajstić information content (AvgIpc) is 3.75. The Labute approximate surface area is 245 Å². The van der Waals surface area contributed by atoms with Crippen LogP contribution >= 0.6 is 45.3 Å². The maximum atomic E-state index is 2.36. The van der Waals surface area contributed by atoms with Gasteiger partial charge in [0.05, 0.1) is 0 Å². The third kappa shape index (κ3) is 6.31. The average molecular weight is 680 g/mol. The van der Waals surface area contributed by atoms with Gasteiger partial charge in [-0.3, -0.25) is 0 Å². The summed E-state index contributed by atoms with van der Waals surface area (Å²) < 4.78 is 5.84. The molecule has 6 rings (SSSR count). The number of hydrogen-bond donors (Lipinski definition) is 0. The zero-order valence-corrected chi connectivity index (χ0v) is 26.3. The Balaban J connectivity index is 1.26. The molecule has 0 bridgehead atoms. The Hall–Kier alpha value is -2.11. The Kier molecular flexibility index (Phi) is 8.28. The van der Waals surface area contributed by atoms with Crippen molar-refractivity contribution in [2.45, 2.75) is 0 Å². The molecule has 0 saturated carbocycles. The Bertz CT molecular complexity index is 1510. The first-order chi connectivity index (χ1) is 18.3. The van der Waals surface area contributed by atoms with Gasteiger partial charge in [-0.05, 0) is 0 Å². The van der Waals surface area contributed by atoms with Crippen molar-refractivity contribution in [2.24, 2.45) is 0 Å². The van der Waals surface area contributed by atoms with Crippen LogP contribution in [0.2, 0.25) is 0 Å². The maximum absolute atomic E-state index is 2.36. The van der Waals surface area contributed by atoms with E-state index >= 15 is 0 Å². The van der Waals surface area contributed by atoms with E-state index in [1.807, 2.05) is 45.3 Å². The summed E-state index contributed by atoms with van der Waals surface area (Å²) in [6.45, 7) is 0. The van der Waals surface area contributed by atoms with Gasteiger partial charge in [0.15, 0.2) is 0 Å². The number of hydrogen-bond acceptors (Lipinski definition) is 4.